The van der Waals surface area contributed by atoms with Crippen LogP contribution in [-0.4, -0.2) is 61.0 Å². The highest BCUT2D eigenvalue weighted by molar-refractivity contribution is 5.47. The van der Waals surface area contributed by atoms with Gasteiger partial charge < -0.3 is 15.0 Å². The van der Waals surface area contributed by atoms with Crippen LogP contribution in [0.1, 0.15) is 11.3 Å². The summed E-state index contributed by atoms with van der Waals surface area (Å²) in [5.41, 5.74) is 3.47. The third kappa shape index (κ3) is 3.77. The second kappa shape index (κ2) is 7.41. The molecule has 2 aromatic rings. The number of ether oxygens (including phenoxy) is 1. The lowest BCUT2D eigenvalue weighted by molar-refractivity contribution is 0.110. The van der Waals surface area contributed by atoms with E-state index in [1.165, 1.54) is 23.4 Å². The highest BCUT2D eigenvalue weighted by Gasteiger charge is 2.19. The molecule has 0 saturated carbocycles. The van der Waals surface area contributed by atoms with Gasteiger partial charge in [0, 0.05) is 62.6 Å². The topological polar surface area (TPSA) is 56.4 Å². The number of hydrogen-bond acceptors (Lipinski definition) is 5. The number of rotatable bonds is 5. The lowest BCUT2D eigenvalue weighted by Gasteiger charge is -2.36. The zero-order chi connectivity index (χ0) is 17.1. The molecular weight excluding hydrogens is 321 g/mol. The van der Waals surface area contributed by atoms with Crippen molar-refractivity contribution < 1.29 is 9.13 Å². The Hall–Kier alpha value is -2.12. The Morgan fingerprint density at radius 1 is 1.16 bits per heavy atom. The van der Waals surface area contributed by atoms with Gasteiger partial charge >= 0.3 is 0 Å². The Bertz CT molecular complexity index is 694. The third-order valence-electron chi connectivity index (χ3n) is 4.98. The van der Waals surface area contributed by atoms with E-state index in [9.17, 15) is 4.39 Å². The van der Waals surface area contributed by atoms with Crippen molar-refractivity contribution in [3.63, 3.8) is 0 Å². The maximum absolute atomic E-state index is 13.0. The van der Waals surface area contributed by atoms with Crippen molar-refractivity contribution >= 4 is 11.5 Å². The van der Waals surface area contributed by atoms with Crippen LogP contribution >= 0.6 is 0 Å². The van der Waals surface area contributed by atoms with Gasteiger partial charge in [0.25, 0.3) is 0 Å². The number of nitrogens with zero attached hydrogens (tertiary/aromatic N) is 3. The first-order chi connectivity index (χ1) is 12.3. The third-order valence-corrected chi connectivity index (χ3v) is 4.98. The fourth-order valence-corrected chi connectivity index (χ4v) is 3.47. The van der Waals surface area contributed by atoms with Crippen LogP contribution in [0.15, 0.2) is 24.3 Å². The molecule has 6 nitrogen and oxygen atoms in total. The minimum absolute atomic E-state index is 0.181. The molecule has 7 heteroatoms. The van der Waals surface area contributed by atoms with Crippen LogP contribution in [0.4, 0.5) is 15.9 Å². The van der Waals surface area contributed by atoms with Crippen LogP contribution in [-0.2, 0) is 17.8 Å². The lowest BCUT2D eigenvalue weighted by atomic mass is 10.1. The van der Waals surface area contributed by atoms with E-state index in [0.717, 1.165) is 63.8 Å². The summed E-state index contributed by atoms with van der Waals surface area (Å²) >= 11 is 0. The second-order valence-corrected chi connectivity index (χ2v) is 6.56. The standard InChI is InChI=1S/C18H24FN5O/c19-14-1-3-15(4-2-14)24-10-8-23(9-11-24)7-6-20-18-16-13-25-12-5-17(16)21-22-18/h1-4H,5-13H2,(H2,20,21,22). The van der Waals surface area contributed by atoms with E-state index in [2.05, 4.69) is 25.3 Å². The summed E-state index contributed by atoms with van der Waals surface area (Å²) in [6.07, 6.45) is 0.912. The first-order valence-electron chi connectivity index (χ1n) is 8.90. The zero-order valence-electron chi connectivity index (χ0n) is 14.3. The molecule has 0 bridgehead atoms. The molecule has 25 heavy (non-hydrogen) atoms. The lowest BCUT2D eigenvalue weighted by Crippen LogP contribution is -2.47. The quantitative estimate of drug-likeness (QED) is 0.866. The molecular formula is C18H24FN5O. The Kier molecular flexibility index (Phi) is 4.85. The predicted octanol–water partition coefficient (Wildman–Crippen LogP) is 1.86. The molecule has 0 atom stereocenters. The number of H-pyrrole nitrogens is 1. The fraction of sp³-hybridized carbons (Fsp3) is 0.500. The maximum atomic E-state index is 13.0. The molecule has 0 aliphatic carbocycles. The number of hydrogen-bond donors (Lipinski definition) is 2. The molecule has 0 amide bonds. The van der Waals surface area contributed by atoms with Crippen LogP contribution < -0.4 is 10.2 Å². The van der Waals surface area contributed by atoms with Crippen LogP contribution in [0, 0.1) is 5.82 Å². The van der Waals surface area contributed by atoms with Crippen LogP contribution in [0.2, 0.25) is 0 Å². The molecule has 1 fully saturated rings. The number of benzene rings is 1. The van der Waals surface area contributed by atoms with Crippen molar-refractivity contribution in [2.24, 2.45) is 0 Å². The normalized spacial score (nSPS) is 18.2. The number of fused-ring (bicyclic) bond motifs is 1. The molecule has 2 aliphatic rings. The summed E-state index contributed by atoms with van der Waals surface area (Å²) in [4.78, 5) is 4.76. The molecule has 1 saturated heterocycles. The van der Waals surface area contributed by atoms with Crippen molar-refractivity contribution in [2.75, 3.05) is 56.1 Å². The first kappa shape index (κ1) is 16.4. The van der Waals surface area contributed by atoms with Crippen molar-refractivity contribution in [3.8, 4) is 0 Å². The first-order valence-corrected chi connectivity index (χ1v) is 8.90. The number of halogens is 1. The van der Waals surface area contributed by atoms with Gasteiger partial charge in [-0.3, -0.25) is 10.00 Å². The molecule has 4 rings (SSSR count). The highest BCUT2D eigenvalue weighted by Crippen LogP contribution is 2.22. The van der Waals surface area contributed by atoms with Crippen molar-refractivity contribution in [1.82, 2.24) is 15.1 Å². The molecule has 2 aliphatic heterocycles. The van der Waals surface area contributed by atoms with Gasteiger partial charge in [-0.2, -0.15) is 5.10 Å². The molecule has 0 radical (unpaired) electrons. The van der Waals surface area contributed by atoms with E-state index in [-0.39, 0.29) is 5.82 Å². The Morgan fingerprint density at radius 2 is 1.96 bits per heavy atom. The van der Waals surface area contributed by atoms with Gasteiger partial charge in [-0.15, -0.1) is 0 Å². The van der Waals surface area contributed by atoms with E-state index >= 15 is 0 Å². The van der Waals surface area contributed by atoms with Crippen molar-refractivity contribution in [2.45, 2.75) is 13.0 Å². The number of anilines is 2. The van der Waals surface area contributed by atoms with E-state index in [4.69, 9.17) is 4.74 Å². The largest absolute Gasteiger partial charge is 0.376 e. The van der Waals surface area contributed by atoms with E-state index in [1.807, 2.05) is 12.1 Å². The van der Waals surface area contributed by atoms with Crippen LogP contribution in [0.25, 0.3) is 0 Å². The van der Waals surface area contributed by atoms with Crippen LogP contribution in [0.3, 0.4) is 0 Å². The average Bonchev–Trinajstić information content (AvgIpc) is 3.06. The zero-order valence-corrected chi connectivity index (χ0v) is 14.3. The average molecular weight is 345 g/mol. The Labute approximate surface area is 147 Å². The molecule has 134 valence electrons. The molecule has 0 spiro atoms. The van der Waals surface area contributed by atoms with E-state index in [1.54, 1.807) is 0 Å². The van der Waals surface area contributed by atoms with E-state index in [0.29, 0.717) is 6.61 Å². The van der Waals surface area contributed by atoms with Crippen molar-refractivity contribution in [3.05, 3.63) is 41.3 Å². The Balaban J connectivity index is 1.23. The van der Waals surface area contributed by atoms with Gasteiger partial charge in [-0.05, 0) is 24.3 Å². The molecule has 0 unspecified atom stereocenters. The van der Waals surface area contributed by atoms with Crippen LogP contribution in [0.5, 0.6) is 0 Å². The summed E-state index contributed by atoms with van der Waals surface area (Å²) in [7, 11) is 0. The smallest absolute Gasteiger partial charge is 0.153 e. The maximum Gasteiger partial charge on any atom is 0.153 e. The van der Waals surface area contributed by atoms with Crippen molar-refractivity contribution in [1.29, 1.82) is 0 Å². The van der Waals surface area contributed by atoms with Gasteiger partial charge in [0.2, 0.25) is 0 Å². The molecule has 2 N–H and O–H groups in total. The second-order valence-electron chi connectivity index (χ2n) is 6.56. The van der Waals surface area contributed by atoms with E-state index < -0.39 is 0 Å². The van der Waals surface area contributed by atoms with Gasteiger partial charge in [-0.1, -0.05) is 0 Å². The minimum Gasteiger partial charge on any atom is -0.376 e. The summed E-state index contributed by atoms with van der Waals surface area (Å²) in [5.74, 6) is 0.749. The Morgan fingerprint density at radius 3 is 2.76 bits per heavy atom. The number of aromatic amines is 1. The highest BCUT2D eigenvalue weighted by atomic mass is 19.1. The molecule has 3 heterocycles. The summed E-state index contributed by atoms with van der Waals surface area (Å²) in [5, 5.41) is 10.9. The summed E-state index contributed by atoms with van der Waals surface area (Å²) in [6, 6.07) is 6.77. The summed E-state index contributed by atoms with van der Waals surface area (Å²) in [6.45, 7) is 7.24. The molecule has 1 aromatic heterocycles. The monoisotopic (exact) mass is 345 g/mol. The SMILES string of the molecule is Fc1ccc(N2CCN(CCNc3n[nH]c4c3COCC4)CC2)cc1. The van der Waals surface area contributed by atoms with Gasteiger partial charge in [0.05, 0.1) is 13.2 Å². The number of aromatic nitrogens is 2. The van der Waals surface area contributed by atoms with Gasteiger partial charge in [0.1, 0.15) is 5.82 Å². The number of piperazine rings is 1. The minimum atomic E-state index is -0.181. The van der Waals surface area contributed by atoms with Gasteiger partial charge in [-0.25, -0.2) is 4.39 Å². The van der Waals surface area contributed by atoms with Gasteiger partial charge in [0.15, 0.2) is 5.82 Å². The fourth-order valence-electron chi connectivity index (χ4n) is 3.47. The number of nitrogens with one attached hydrogen (secondary N) is 2. The molecule has 1 aromatic carbocycles. The predicted molar refractivity (Wildman–Crippen MR) is 95.5 cm³/mol. The summed E-state index contributed by atoms with van der Waals surface area (Å²) < 4.78 is 18.5.